The quantitative estimate of drug-likeness (QED) is 0.216. The van der Waals surface area contributed by atoms with Crippen LogP contribution in [0.25, 0.3) is 0 Å². The van der Waals surface area contributed by atoms with Crippen LogP contribution in [0.15, 0.2) is 25.0 Å². The Labute approximate surface area is 142 Å². The van der Waals surface area contributed by atoms with Gasteiger partial charge < -0.3 is 28.4 Å². The maximum Gasteiger partial charge on any atom is 0.373 e. The molecule has 1 atom stereocenters. The molecule has 8 heteroatoms. The third-order valence-electron chi connectivity index (χ3n) is 2.47. The molecule has 138 valence electrons. The molecule has 1 unspecified atom stereocenters. The van der Waals surface area contributed by atoms with E-state index < -0.39 is 24.2 Å². The van der Waals surface area contributed by atoms with Crippen LogP contribution in [-0.2, 0) is 38.0 Å². The highest BCUT2D eigenvalue weighted by molar-refractivity contribution is 5.85. The molecule has 0 aliphatic rings. The van der Waals surface area contributed by atoms with Gasteiger partial charge in [0.15, 0.2) is 0 Å². The average molecular weight is 346 g/mol. The molecule has 0 rings (SSSR count). The fourth-order valence-corrected chi connectivity index (χ4v) is 1.64. The van der Waals surface area contributed by atoms with Gasteiger partial charge in [-0.25, -0.2) is 9.59 Å². The van der Waals surface area contributed by atoms with Crippen LogP contribution < -0.4 is 0 Å². The van der Waals surface area contributed by atoms with Crippen LogP contribution in [-0.4, -0.2) is 50.6 Å². The molecule has 0 N–H and O–H groups in total. The van der Waals surface area contributed by atoms with Gasteiger partial charge in [0, 0.05) is 25.9 Å². The average Bonchev–Trinajstić information content (AvgIpc) is 2.54. The zero-order chi connectivity index (χ0) is 18.6. The highest BCUT2D eigenvalue weighted by Gasteiger charge is 2.48. The molecule has 24 heavy (non-hydrogen) atoms. The minimum atomic E-state index is -1.87. The first kappa shape index (κ1) is 22.1. The van der Waals surface area contributed by atoms with Crippen molar-refractivity contribution >= 4 is 11.9 Å². The fraction of sp³-hybridized carbons (Fsp3) is 0.625. The second-order valence-electron chi connectivity index (χ2n) is 4.14. The third-order valence-corrected chi connectivity index (χ3v) is 2.47. The summed E-state index contributed by atoms with van der Waals surface area (Å²) in [4.78, 5) is 23.3. The van der Waals surface area contributed by atoms with Gasteiger partial charge in [-0.3, -0.25) is 0 Å². The molecule has 0 aliphatic heterocycles. The van der Waals surface area contributed by atoms with Crippen LogP contribution in [0.2, 0.25) is 0 Å². The Hall–Kier alpha value is -1.90. The first-order valence-electron chi connectivity index (χ1n) is 7.68. The molecule has 0 saturated carbocycles. The van der Waals surface area contributed by atoms with E-state index in [1.807, 2.05) is 0 Å². The van der Waals surface area contributed by atoms with E-state index in [1.54, 1.807) is 27.7 Å². The molecule has 0 spiro atoms. The van der Waals surface area contributed by atoms with Crippen molar-refractivity contribution < 1.29 is 38.0 Å². The Balaban J connectivity index is 5.57. The Kier molecular flexibility index (Phi) is 10.7. The third kappa shape index (κ3) is 6.69. The van der Waals surface area contributed by atoms with Crippen LogP contribution in [0.1, 0.15) is 27.7 Å². The van der Waals surface area contributed by atoms with Crippen molar-refractivity contribution in [1.29, 1.82) is 0 Å². The summed E-state index contributed by atoms with van der Waals surface area (Å²) in [6.07, 6.45) is -0.627. The molecule has 0 bridgehead atoms. The lowest BCUT2D eigenvalue weighted by atomic mass is 10.4. The highest BCUT2D eigenvalue weighted by Crippen LogP contribution is 2.26. The minimum Gasteiger partial charge on any atom is -0.460 e. The number of esters is 2. The second kappa shape index (κ2) is 11.6. The van der Waals surface area contributed by atoms with Crippen molar-refractivity contribution in [3.8, 4) is 0 Å². The topological polar surface area (TPSA) is 89.5 Å². The summed E-state index contributed by atoms with van der Waals surface area (Å²) in [6.45, 7) is 14.1. The van der Waals surface area contributed by atoms with E-state index in [0.717, 1.165) is 6.08 Å². The minimum absolute atomic E-state index is 0.131. The number of carbonyl (C=O) groups excluding carboxylic acids is 2. The summed E-state index contributed by atoms with van der Waals surface area (Å²) in [7, 11) is 0. The standard InChI is InChI=1S/C16H26O8/c1-7-13(17)24-15(23-12(6)14(18)19-8-2)16(20-9-3,21-10-4)22-11-5/h7,15H,1,6,8-11H2,2-5H3. The smallest absolute Gasteiger partial charge is 0.373 e. The second-order valence-corrected chi connectivity index (χ2v) is 4.14. The zero-order valence-corrected chi connectivity index (χ0v) is 14.7. The summed E-state index contributed by atoms with van der Waals surface area (Å²) < 4.78 is 31.7. The predicted octanol–water partition coefficient (Wildman–Crippen LogP) is 1.90. The Bertz CT molecular complexity index is 415. The summed E-state index contributed by atoms with van der Waals surface area (Å²) in [5, 5.41) is 0. The van der Waals surface area contributed by atoms with Crippen molar-refractivity contribution in [2.75, 3.05) is 26.4 Å². The van der Waals surface area contributed by atoms with Crippen molar-refractivity contribution in [3.63, 3.8) is 0 Å². The molecule has 8 nitrogen and oxygen atoms in total. The molecule has 0 aromatic carbocycles. The Morgan fingerprint density at radius 3 is 1.83 bits per heavy atom. The van der Waals surface area contributed by atoms with Gasteiger partial charge in [-0.2, -0.15) is 0 Å². The van der Waals surface area contributed by atoms with Gasteiger partial charge in [-0.15, -0.1) is 0 Å². The van der Waals surface area contributed by atoms with Gasteiger partial charge in [0.2, 0.25) is 5.76 Å². The van der Waals surface area contributed by atoms with Crippen molar-refractivity contribution in [1.82, 2.24) is 0 Å². The van der Waals surface area contributed by atoms with Gasteiger partial charge in [0.25, 0.3) is 0 Å². The van der Waals surface area contributed by atoms with Crippen molar-refractivity contribution in [3.05, 3.63) is 25.0 Å². The monoisotopic (exact) mass is 346 g/mol. The molecule has 0 aromatic heterocycles. The molecule has 0 amide bonds. The van der Waals surface area contributed by atoms with E-state index in [2.05, 4.69) is 13.2 Å². The normalized spacial score (nSPS) is 12.2. The number of rotatable bonds is 13. The molecule has 0 fully saturated rings. The van der Waals surface area contributed by atoms with Crippen molar-refractivity contribution in [2.45, 2.75) is 40.0 Å². The molecular weight excluding hydrogens is 320 g/mol. The fourth-order valence-electron chi connectivity index (χ4n) is 1.64. The molecule has 0 aromatic rings. The lowest BCUT2D eigenvalue weighted by Crippen LogP contribution is -2.53. The van der Waals surface area contributed by atoms with Crippen molar-refractivity contribution in [2.24, 2.45) is 0 Å². The molecule has 0 heterocycles. The van der Waals surface area contributed by atoms with E-state index in [1.165, 1.54) is 0 Å². The number of hydrogen-bond donors (Lipinski definition) is 0. The van der Waals surface area contributed by atoms with Crippen LogP contribution in [0.3, 0.4) is 0 Å². The highest BCUT2D eigenvalue weighted by atomic mass is 16.9. The van der Waals surface area contributed by atoms with Gasteiger partial charge in [0.1, 0.15) is 0 Å². The van der Waals surface area contributed by atoms with Gasteiger partial charge in [0.05, 0.1) is 6.61 Å². The SMILES string of the molecule is C=CC(=O)OC(OC(=C)C(=O)OCC)C(OCC)(OCC)OCC. The zero-order valence-electron chi connectivity index (χ0n) is 14.7. The molecule has 0 aliphatic carbocycles. The van der Waals surface area contributed by atoms with E-state index in [4.69, 9.17) is 28.4 Å². The van der Waals surface area contributed by atoms with E-state index >= 15 is 0 Å². The molecular formula is C16H26O8. The number of carbonyl (C=O) groups is 2. The maximum absolute atomic E-state index is 11.7. The lowest BCUT2D eigenvalue weighted by molar-refractivity contribution is -0.442. The van der Waals surface area contributed by atoms with E-state index in [0.29, 0.717) is 0 Å². The van der Waals surface area contributed by atoms with Crippen LogP contribution in [0.4, 0.5) is 0 Å². The number of hydrogen-bond acceptors (Lipinski definition) is 8. The first-order chi connectivity index (χ1) is 11.4. The van der Waals surface area contributed by atoms with Gasteiger partial charge in [-0.1, -0.05) is 6.58 Å². The van der Waals surface area contributed by atoms with E-state index in [-0.39, 0.29) is 32.2 Å². The molecule has 0 saturated heterocycles. The Morgan fingerprint density at radius 1 is 0.958 bits per heavy atom. The summed E-state index contributed by atoms with van der Waals surface area (Å²) in [5.74, 6) is -3.88. The largest absolute Gasteiger partial charge is 0.460 e. The first-order valence-corrected chi connectivity index (χ1v) is 7.68. The van der Waals surface area contributed by atoms with Gasteiger partial charge in [-0.05, 0) is 34.3 Å². The molecule has 0 radical (unpaired) electrons. The summed E-state index contributed by atoms with van der Waals surface area (Å²) in [6, 6.07) is 0. The summed E-state index contributed by atoms with van der Waals surface area (Å²) >= 11 is 0. The van der Waals surface area contributed by atoms with Crippen LogP contribution in [0, 0.1) is 0 Å². The predicted molar refractivity (Wildman–Crippen MR) is 84.5 cm³/mol. The maximum atomic E-state index is 11.7. The van der Waals surface area contributed by atoms with Gasteiger partial charge >= 0.3 is 24.2 Å². The van der Waals surface area contributed by atoms with E-state index in [9.17, 15) is 9.59 Å². The van der Waals surface area contributed by atoms with Crippen LogP contribution >= 0.6 is 0 Å². The lowest BCUT2D eigenvalue weighted by Gasteiger charge is -2.37. The number of ether oxygens (including phenoxy) is 6. The van der Waals surface area contributed by atoms with Crippen LogP contribution in [0.5, 0.6) is 0 Å². The Morgan fingerprint density at radius 2 is 1.46 bits per heavy atom. The summed E-state index contributed by atoms with van der Waals surface area (Å²) in [5.41, 5.74) is 0.